The van der Waals surface area contributed by atoms with Crippen molar-refractivity contribution >= 4 is 35.3 Å². The molecule has 1 aliphatic carbocycles. The SMILES string of the molecule is CCC1(c2ccccc2)NC(=O)N(CC(=O)Nc2ccc(SC3CCCC3)cc2)C1=O. The zero-order chi connectivity index (χ0) is 21.8. The van der Waals surface area contributed by atoms with Gasteiger partial charge in [0.05, 0.1) is 0 Å². The average molecular weight is 438 g/mol. The van der Waals surface area contributed by atoms with E-state index in [2.05, 4.69) is 10.6 Å². The van der Waals surface area contributed by atoms with Gasteiger partial charge in [-0.1, -0.05) is 50.1 Å². The molecule has 7 heteroatoms. The van der Waals surface area contributed by atoms with Crippen LogP contribution in [0.25, 0.3) is 0 Å². The number of anilines is 1. The third-order valence-corrected chi connectivity index (χ3v) is 7.37. The van der Waals surface area contributed by atoms with Gasteiger partial charge in [-0.05, 0) is 49.1 Å². The molecule has 4 rings (SSSR count). The summed E-state index contributed by atoms with van der Waals surface area (Å²) >= 11 is 1.89. The second-order valence-electron chi connectivity index (χ2n) is 8.04. The first kappa shape index (κ1) is 21.4. The number of carbonyl (C=O) groups excluding carboxylic acids is 3. The molecule has 1 heterocycles. The third kappa shape index (κ3) is 4.46. The summed E-state index contributed by atoms with van der Waals surface area (Å²) in [5.74, 6) is -0.802. The monoisotopic (exact) mass is 437 g/mol. The van der Waals surface area contributed by atoms with Crippen molar-refractivity contribution in [3.63, 3.8) is 0 Å². The van der Waals surface area contributed by atoms with Crippen LogP contribution < -0.4 is 10.6 Å². The Labute approximate surface area is 186 Å². The van der Waals surface area contributed by atoms with Crippen molar-refractivity contribution in [1.82, 2.24) is 10.2 Å². The molecule has 2 aromatic rings. The van der Waals surface area contributed by atoms with Gasteiger partial charge in [-0.15, -0.1) is 11.8 Å². The number of rotatable bonds is 7. The van der Waals surface area contributed by atoms with E-state index in [1.807, 2.05) is 73.3 Å². The highest BCUT2D eigenvalue weighted by molar-refractivity contribution is 8.00. The number of hydrogen-bond donors (Lipinski definition) is 2. The number of thioether (sulfide) groups is 1. The number of carbonyl (C=O) groups is 3. The van der Waals surface area contributed by atoms with Crippen molar-refractivity contribution in [3.8, 4) is 0 Å². The van der Waals surface area contributed by atoms with E-state index in [0.29, 0.717) is 22.9 Å². The number of benzene rings is 2. The molecule has 2 aliphatic rings. The fourth-order valence-corrected chi connectivity index (χ4v) is 5.54. The zero-order valence-corrected chi connectivity index (χ0v) is 18.4. The minimum atomic E-state index is -1.13. The Balaban J connectivity index is 1.39. The molecule has 1 atom stereocenters. The van der Waals surface area contributed by atoms with Gasteiger partial charge in [-0.2, -0.15) is 0 Å². The second kappa shape index (κ2) is 9.14. The number of amides is 4. The van der Waals surface area contributed by atoms with Crippen molar-refractivity contribution in [2.75, 3.05) is 11.9 Å². The average Bonchev–Trinajstić information content (AvgIpc) is 3.38. The first-order chi connectivity index (χ1) is 15.0. The highest BCUT2D eigenvalue weighted by Gasteiger charge is 2.51. The summed E-state index contributed by atoms with van der Waals surface area (Å²) in [6.45, 7) is 1.53. The summed E-state index contributed by atoms with van der Waals surface area (Å²) in [4.78, 5) is 40.4. The molecule has 1 saturated heterocycles. The van der Waals surface area contributed by atoms with Crippen LogP contribution in [0.3, 0.4) is 0 Å². The van der Waals surface area contributed by atoms with Gasteiger partial charge >= 0.3 is 6.03 Å². The minimum absolute atomic E-state index is 0.322. The summed E-state index contributed by atoms with van der Waals surface area (Å²) < 4.78 is 0. The molecule has 2 fully saturated rings. The van der Waals surface area contributed by atoms with E-state index in [0.717, 1.165) is 4.90 Å². The lowest BCUT2D eigenvalue weighted by Gasteiger charge is -2.25. The van der Waals surface area contributed by atoms with Gasteiger partial charge in [-0.25, -0.2) is 4.79 Å². The molecular weight excluding hydrogens is 410 g/mol. The van der Waals surface area contributed by atoms with Crippen LogP contribution in [0.1, 0.15) is 44.6 Å². The van der Waals surface area contributed by atoms with Gasteiger partial charge in [-0.3, -0.25) is 14.5 Å². The maximum Gasteiger partial charge on any atom is 0.325 e. The first-order valence-electron chi connectivity index (χ1n) is 10.8. The van der Waals surface area contributed by atoms with Crippen molar-refractivity contribution in [2.45, 2.75) is 54.7 Å². The Morgan fingerprint density at radius 2 is 1.77 bits per heavy atom. The Hall–Kier alpha value is -2.80. The van der Waals surface area contributed by atoms with Crippen LogP contribution in [-0.2, 0) is 15.1 Å². The Morgan fingerprint density at radius 1 is 1.10 bits per heavy atom. The maximum absolute atomic E-state index is 13.1. The fraction of sp³-hybridized carbons (Fsp3) is 0.375. The quantitative estimate of drug-likeness (QED) is 0.625. The molecule has 1 unspecified atom stereocenters. The number of nitrogens with one attached hydrogen (secondary N) is 2. The van der Waals surface area contributed by atoms with E-state index in [1.165, 1.54) is 30.6 Å². The Bertz CT molecular complexity index is 958. The number of imide groups is 1. The molecule has 0 spiro atoms. The molecule has 2 N–H and O–H groups in total. The number of nitrogens with zero attached hydrogens (tertiary/aromatic N) is 1. The van der Waals surface area contributed by atoms with Crippen molar-refractivity contribution in [2.24, 2.45) is 0 Å². The summed E-state index contributed by atoms with van der Waals surface area (Å²) in [5.41, 5.74) is 0.240. The minimum Gasteiger partial charge on any atom is -0.325 e. The second-order valence-corrected chi connectivity index (χ2v) is 9.42. The lowest BCUT2D eigenvalue weighted by molar-refractivity contribution is -0.134. The van der Waals surface area contributed by atoms with Gasteiger partial charge in [0.2, 0.25) is 5.91 Å². The first-order valence-corrected chi connectivity index (χ1v) is 11.7. The zero-order valence-electron chi connectivity index (χ0n) is 17.6. The molecule has 0 bridgehead atoms. The molecule has 1 aliphatic heterocycles. The van der Waals surface area contributed by atoms with Crippen LogP contribution >= 0.6 is 11.8 Å². The normalized spacial score (nSPS) is 21.4. The van der Waals surface area contributed by atoms with Crippen LogP contribution in [0.2, 0.25) is 0 Å². The van der Waals surface area contributed by atoms with E-state index in [1.54, 1.807) is 0 Å². The topological polar surface area (TPSA) is 78.5 Å². The van der Waals surface area contributed by atoms with Gasteiger partial charge in [0.1, 0.15) is 12.1 Å². The predicted molar refractivity (Wildman–Crippen MR) is 122 cm³/mol. The molecule has 31 heavy (non-hydrogen) atoms. The Morgan fingerprint density at radius 3 is 2.42 bits per heavy atom. The maximum atomic E-state index is 13.1. The number of urea groups is 1. The van der Waals surface area contributed by atoms with Gasteiger partial charge in [0.25, 0.3) is 5.91 Å². The molecule has 0 aromatic heterocycles. The van der Waals surface area contributed by atoms with Gasteiger partial charge in [0, 0.05) is 15.8 Å². The highest BCUT2D eigenvalue weighted by atomic mass is 32.2. The number of hydrogen-bond acceptors (Lipinski definition) is 4. The van der Waals surface area contributed by atoms with Crippen molar-refractivity contribution in [1.29, 1.82) is 0 Å². The summed E-state index contributed by atoms with van der Waals surface area (Å²) in [5, 5.41) is 6.28. The lowest BCUT2D eigenvalue weighted by atomic mass is 9.87. The third-order valence-electron chi connectivity index (χ3n) is 6.02. The summed E-state index contributed by atoms with van der Waals surface area (Å²) in [6, 6.07) is 16.3. The smallest absolute Gasteiger partial charge is 0.325 e. The molecule has 0 radical (unpaired) electrons. The molecule has 6 nitrogen and oxygen atoms in total. The summed E-state index contributed by atoms with van der Waals surface area (Å²) in [7, 11) is 0. The molecule has 1 saturated carbocycles. The van der Waals surface area contributed by atoms with E-state index in [-0.39, 0.29) is 6.54 Å². The van der Waals surface area contributed by atoms with Crippen LogP contribution in [0.4, 0.5) is 10.5 Å². The Kier molecular flexibility index (Phi) is 6.32. The largest absolute Gasteiger partial charge is 0.325 e. The molecule has 4 amide bonds. The van der Waals surface area contributed by atoms with Crippen LogP contribution in [0.15, 0.2) is 59.5 Å². The van der Waals surface area contributed by atoms with Crippen LogP contribution in [-0.4, -0.2) is 34.5 Å². The van der Waals surface area contributed by atoms with Crippen LogP contribution in [0.5, 0.6) is 0 Å². The predicted octanol–water partition coefficient (Wildman–Crippen LogP) is 4.52. The van der Waals surface area contributed by atoms with Gasteiger partial charge < -0.3 is 10.6 Å². The van der Waals surface area contributed by atoms with Crippen molar-refractivity contribution < 1.29 is 14.4 Å². The van der Waals surface area contributed by atoms with E-state index >= 15 is 0 Å². The van der Waals surface area contributed by atoms with Crippen molar-refractivity contribution in [3.05, 3.63) is 60.2 Å². The van der Waals surface area contributed by atoms with E-state index < -0.39 is 23.4 Å². The van der Waals surface area contributed by atoms with E-state index in [4.69, 9.17) is 0 Å². The lowest BCUT2D eigenvalue weighted by Crippen LogP contribution is -2.44. The van der Waals surface area contributed by atoms with Crippen LogP contribution in [0, 0.1) is 0 Å². The molecule has 2 aromatic carbocycles. The fourth-order valence-electron chi connectivity index (χ4n) is 4.29. The molecule has 162 valence electrons. The molecular formula is C24H27N3O3S. The summed E-state index contributed by atoms with van der Waals surface area (Å²) in [6.07, 6.45) is 5.53. The van der Waals surface area contributed by atoms with Gasteiger partial charge in [0.15, 0.2) is 0 Å². The highest BCUT2D eigenvalue weighted by Crippen LogP contribution is 2.35. The standard InChI is InChI=1S/C24H27N3O3S/c1-2-24(17-8-4-3-5-9-17)22(29)27(23(30)26-24)16-21(28)25-18-12-14-20(15-13-18)31-19-10-6-7-11-19/h3-5,8-9,12-15,19H,2,6-7,10-11,16H2,1H3,(H,25,28)(H,26,30). The van der Waals surface area contributed by atoms with E-state index in [9.17, 15) is 14.4 Å².